The van der Waals surface area contributed by atoms with E-state index in [-0.39, 0.29) is 5.70 Å². The number of carboxylic acids is 1. The summed E-state index contributed by atoms with van der Waals surface area (Å²) >= 11 is 0. The average Bonchev–Trinajstić information content (AvgIpc) is 2.82. The van der Waals surface area contributed by atoms with Crippen molar-refractivity contribution < 1.29 is 24.2 Å². The Labute approximate surface area is 137 Å². The van der Waals surface area contributed by atoms with Crippen molar-refractivity contribution in [3.63, 3.8) is 0 Å². The van der Waals surface area contributed by atoms with E-state index in [0.29, 0.717) is 16.2 Å². The van der Waals surface area contributed by atoms with Crippen LogP contribution in [0, 0.1) is 0 Å². The van der Waals surface area contributed by atoms with Gasteiger partial charge in [-0.3, -0.25) is 9.59 Å². The molecule has 24 heavy (non-hydrogen) atoms. The zero-order valence-corrected chi connectivity index (χ0v) is 12.8. The number of carbonyl (C=O) groups is 3. The van der Waals surface area contributed by atoms with Crippen LogP contribution in [-0.2, 0) is 9.59 Å². The number of aliphatic carboxylic acids is 1. The molecule has 2 aromatic rings. The minimum Gasteiger partial charge on any atom is -0.496 e. The summed E-state index contributed by atoms with van der Waals surface area (Å²) in [6.07, 6.45) is 1.50. The molecule has 0 bridgehead atoms. The molecule has 0 aromatic heterocycles. The normalized spacial score (nSPS) is 15.9. The molecule has 122 valence electrons. The van der Waals surface area contributed by atoms with Gasteiger partial charge in [-0.1, -0.05) is 30.3 Å². The maximum Gasteiger partial charge on any atom is 0.329 e. The first-order valence-electron chi connectivity index (χ1n) is 7.13. The molecule has 3 rings (SSSR count). The molecule has 0 atom stereocenters. The first-order chi connectivity index (χ1) is 11.5. The van der Waals surface area contributed by atoms with Crippen LogP contribution in [0.5, 0.6) is 5.75 Å². The molecule has 1 fully saturated rings. The summed E-state index contributed by atoms with van der Waals surface area (Å²) in [5.74, 6) is -1.40. The molecule has 3 amide bonds. The van der Waals surface area contributed by atoms with Crippen LogP contribution in [0.2, 0.25) is 0 Å². The van der Waals surface area contributed by atoms with Gasteiger partial charge in [0.1, 0.15) is 18.0 Å². The van der Waals surface area contributed by atoms with Gasteiger partial charge >= 0.3 is 12.0 Å². The van der Waals surface area contributed by atoms with Crippen LogP contribution in [0.15, 0.2) is 42.1 Å². The fourth-order valence-electron chi connectivity index (χ4n) is 2.60. The number of hydrogen-bond donors (Lipinski definition) is 2. The van der Waals surface area contributed by atoms with Gasteiger partial charge in [-0.25, -0.2) is 9.69 Å². The molecule has 1 heterocycles. The van der Waals surface area contributed by atoms with Gasteiger partial charge in [-0.2, -0.15) is 0 Å². The van der Waals surface area contributed by atoms with Gasteiger partial charge in [0, 0.05) is 5.56 Å². The van der Waals surface area contributed by atoms with Crippen LogP contribution in [0.1, 0.15) is 5.56 Å². The Morgan fingerprint density at radius 1 is 1.25 bits per heavy atom. The molecular formula is C17H14N2O5. The SMILES string of the molecule is COc1ccc2ccccc2c1/C=C1/NC(=O)N(CC(=O)O)C1=O. The van der Waals surface area contributed by atoms with Crippen LogP contribution < -0.4 is 10.1 Å². The van der Waals surface area contributed by atoms with Crippen molar-refractivity contribution in [1.82, 2.24) is 10.2 Å². The molecule has 1 aliphatic heterocycles. The van der Waals surface area contributed by atoms with Gasteiger partial charge in [0.25, 0.3) is 5.91 Å². The Hall–Kier alpha value is -3.35. The number of ether oxygens (including phenoxy) is 1. The lowest BCUT2D eigenvalue weighted by Crippen LogP contribution is -2.35. The maximum absolute atomic E-state index is 12.3. The highest BCUT2D eigenvalue weighted by Crippen LogP contribution is 2.30. The molecule has 2 aromatic carbocycles. The fraction of sp³-hybridized carbons (Fsp3) is 0.118. The number of fused-ring (bicyclic) bond motifs is 1. The zero-order chi connectivity index (χ0) is 17.3. The second kappa shape index (κ2) is 6.04. The smallest absolute Gasteiger partial charge is 0.329 e. The van der Waals surface area contributed by atoms with E-state index < -0.39 is 24.5 Å². The monoisotopic (exact) mass is 326 g/mol. The highest BCUT2D eigenvalue weighted by molar-refractivity contribution is 6.15. The van der Waals surface area contributed by atoms with E-state index in [4.69, 9.17) is 9.84 Å². The van der Waals surface area contributed by atoms with Crippen LogP contribution in [-0.4, -0.2) is 41.6 Å². The Bertz CT molecular complexity index is 888. The predicted molar refractivity (Wildman–Crippen MR) is 86.4 cm³/mol. The lowest BCUT2D eigenvalue weighted by molar-refractivity contribution is -0.140. The number of carbonyl (C=O) groups excluding carboxylic acids is 2. The third-order valence-electron chi connectivity index (χ3n) is 3.69. The fourth-order valence-corrected chi connectivity index (χ4v) is 2.60. The minimum atomic E-state index is -1.26. The van der Waals surface area contributed by atoms with E-state index in [1.165, 1.54) is 13.2 Å². The van der Waals surface area contributed by atoms with Gasteiger partial charge < -0.3 is 15.2 Å². The summed E-state index contributed by atoms with van der Waals surface area (Å²) < 4.78 is 5.34. The predicted octanol–water partition coefficient (Wildman–Crippen LogP) is 1.83. The first-order valence-corrected chi connectivity index (χ1v) is 7.13. The van der Waals surface area contributed by atoms with Crippen molar-refractivity contribution in [1.29, 1.82) is 0 Å². The number of urea groups is 1. The van der Waals surface area contributed by atoms with Gasteiger partial charge in [0.05, 0.1) is 7.11 Å². The Balaban J connectivity index is 2.09. The van der Waals surface area contributed by atoms with Crippen molar-refractivity contribution in [2.75, 3.05) is 13.7 Å². The lowest BCUT2D eigenvalue weighted by Gasteiger charge is -2.10. The number of amides is 3. The molecule has 7 heteroatoms. The summed E-state index contributed by atoms with van der Waals surface area (Å²) in [5.41, 5.74) is 0.646. The topological polar surface area (TPSA) is 95.9 Å². The molecule has 1 saturated heterocycles. The first kappa shape index (κ1) is 15.5. The third-order valence-corrected chi connectivity index (χ3v) is 3.69. The standard InChI is InChI=1S/C17H14N2O5/c1-24-14-7-6-10-4-2-3-5-11(10)12(14)8-13-16(22)19(9-15(20)21)17(23)18-13/h2-8H,9H2,1H3,(H,18,23)(H,20,21)/b13-8+. The third kappa shape index (κ3) is 2.67. The number of nitrogens with one attached hydrogen (secondary N) is 1. The number of nitrogens with zero attached hydrogens (tertiary/aromatic N) is 1. The quantitative estimate of drug-likeness (QED) is 0.660. The number of rotatable bonds is 4. The van der Waals surface area contributed by atoms with Crippen molar-refractivity contribution in [2.24, 2.45) is 0 Å². The van der Waals surface area contributed by atoms with Crippen LogP contribution >= 0.6 is 0 Å². The van der Waals surface area contributed by atoms with Crippen molar-refractivity contribution in [2.45, 2.75) is 0 Å². The van der Waals surface area contributed by atoms with Crippen molar-refractivity contribution >= 4 is 34.8 Å². The lowest BCUT2D eigenvalue weighted by atomic mass is 10.0. The van der Waals surface area contributed by atoms with Gasteiger partial charge in [-0.15, -0.1) is 0 Å². The average molecular weight is 326 g/mol. The zero-order valence-electron chi connectivity index (χ0n) is 12.8. The Morgan fingerprint density at radius 3 is 2.71 bits per heavy atom. The van der Waals surface area contributed by atoms with Crippen molar-refractivity contribution in [3.05, 3.63) is 47.7 Å². The molecule has 7 nitrogen and oxygen atoms in total. The number of methoxy groups -OCH3 is 1. The van der Waals surface area contributed by atoms with Gasteiger partial charge in [0.15, 0.2) is 0 Å². The summed E-state index contributed by atoms with van der Waals surface area (Å²) in [5, 5.41) is 13.0. The van der Waals surface area contributed by atoms with E-state index >= 15 is 0 Å². The van der Waals surface area contributed by atoms with Crippen LogP contribution in [0.25, 0.3) is 16.8 Å². The number of carboxylic acid groups (broad SMARTS) is 1. The van der Waals surface area contributed by atoms with Crippen LogP contribution in [0.4, 0.5) is 4.79 Å². The van der Waals surface area contributed by atoms with E-state index in [1.807, 2.05) is 30.3 Å². The largest absolute Gasteiger partial charge is 0.496 e. The summed E-state index contributed by atoms with van der Waals surface area (Å²) in [6.45, 7) is -0.686. The van der Waals surface area contributed by atoms with E-state index in [9.17, 15) is 14.4 Å². The van der Waals surface area contributed by atoms with Gasteiger partial charge in [0.2, 0.25) is 0 Å². The van der Waals surface area contributed by atoms with Crippen molar-refractivity contribution in [3.8, 4) is 5.75 Å². The molecule has 0 spiro atoms. The van der Waals surface area contributed by atoms with Gasteiger partial charge in [-0.05, 0) is 22.9 Å². The number of hydrogen-bond acceptors (Lipinski definition) is 4. The second-order valence-electron chi connectivity index (χ2n) is 5.18. The molecule has 0 aliphatic carbocycles. The van der Waals surface area contributed by atoms with Crippen LogP contribution in [0.3, 0.4) is 0 Å². The second-order valence-corrected chi connectivity index (χ2v) is 5.18. The molecular weight excluding hydrogens is 312 g/mol. The van der Waals surface area contributed by atoms with E-state index in [1.54, 1.807) is 6.07 Å². The Morgan fingerprint density at radius 2 is 2.00 bits per heavy atom. The summed E-state index contributed by atoms with van der Waals surface area (Å²) in [4.78, 5) is 35.5. The number of imide groups is 1. The van der Waals surface area contributed by atoms with E-state index in [0.717, 1.165) is 10.8 Å². The Kier molecular flexibility index (Phi) is 3.91. The van der Waals surface area contributed by atoms with E-state index in [2.05, 4.69) is 5.32 Å². The molecule has 2 N–H and O–H groups in total. The maximum atomic E-state index is 12.3. The molecule has 0 radical (unpaired) electrons. The molecule has 0 unspecified atom stereocenters. The molecule has 0 saturated carbocycles. The highest BCUT2D eigenvalue weighted by atomic mass is 16.5. The summed E-state index contributed by atoms with van der Waals surface area (Å²) in [6, 6.07) is 10.4. The highest BCUT2D eigenvalue weighted by Gasteiger charge is 2.35. The minimum absolute atomic E-state index is 0.0101. The summed E-state index contributed by atoms with van der Waals surface area (Å²) in [7, 11) is 1.51. The number of benzene rings is 2. The molecule has 1 aliphatic rings.